The second kappa shape index (κ2) is 7.22. The number of allylic oxidation sites excluding steroid dienone is 1. The molecule has 3 fully saturated rings. The molecule has 4 aliphatic rings. The lowest BCUT2D eigenvalue weighted by molar-refractivity contribution is -0.122. The van der Waals surface area contributed by atoms with Gasteiger partial charge in [-0.3, -0.25) is 4.79 Å². The maximum atomic E-state index is 12.3. The van der Waals surface area contributed by atoms with Gasteiger partial charge in [0.2, 0.25) is 0 Å². The van der Waals surface area contributed by atoms with Gasteiger partial charge in [-0.2, -0.15) is 0 Å². The molecule has 170 valence electrons. The summed E-state index contributed by atoms with van der Waals surface area (Å²) in [6.45, 7) is 4.69. The number of anilines is 1. The second-order valence-electron chi connectivity index (χ2n) is 11.6. The van der Waals surface area contributed by atoms with Crippen LogP contribution in [0.15, 0.2) is 35.9 Å². The van der Waals surface area contributed by atoms with E-state index in [0.717, 1.165) is 32.1 Å². The van der Waals surface area contributed by atoms with Crippen LogP contribution in [0.4, 0.5) is 5.69 Å². The quantitative estimate of drug-likeness (QED) is 0.643. The van der Waals surface area contributed by atoms with Crippen LogP contribution in [0.3, 0.4) is 0 Å². The van der Waals surface area contributed by atoms with Gasteiger partial charge in [0.25, 0.3) is 0 Å². The van der Waals surface area contributed by atoms with Gasteiger partial charge in [-0.25, -0.2) is 0 Å². The van der Waals surface area contributed by atoms with Gasteiger partial charge in [-0.15, -0.1) is 6.42 Å². The van der Waals surface area contributed by atoms with Gasteiger partial charge in [-0.05, 0) is 91.4 Å². The van der Waals surface area contributed by atoms with Crippen LogP contribution in [0.1, 0.15) is 70.3 Å². The van der Waals surface area contributed by atoms with Gasteiger partial charge >= 0.3 is 0 Å². The van der Waals surface area contributed by atoms with Gasteiger partial charge < -0.3 is 10.0 Å². The fourth-order valence-electron chi connectivity index (χ4n) is 8.33. The number of rotatable bonds is 2. The van der Waals surface area contributed by atoms with E-state index < -0.39 is 5.60 Å². The Hall–Kier alpha value is -2.05. The van der Waals surface area contributed by atoms with E-state index in [0.29, 0.717) is 42.3 Å². The summed E-state index contributed by atoms with van der Waals surface area (Å²) in [7, 11) is 4.14. The third-order valence-electron chi connectivity index (χ3n) is 10.2. The monoisotopic (exact) mass is 431 g/mol. The number of carbonyl (C=O) groups is 1. The molecule has 5 rings (SSSR count). The fourth-order valence-corrected chi connectivity index (χ4v) is 8.33. The summed E-state index contributed by atoms with van der Waals surface area (Å²) in [5.41, 5.74) is 2.69. The average Bonchev–Trinajstić information content (AvgIpc) is 3.05. The highest BCUT2D eigenvalue weighted by molar-refractivity contribution is 5.91. The SMILES string of the molecule is C#C[C@]1(O)CC[C@H]2[C@@H]3CCC4=CC(=O)CC[C@]4(C)C3[C@H](c3ccc(N(C)C)cc3)C[C@@]21C. The van der Waals surface area contributed by atoms with Crippen molar-refractivity contribution in [1.82, 2.24) is 0 Å². The first-order chi connectivity index (χ1) is 15.1. The number of benzene rings is 1. The molecule has 0 amide bonds. The lowest BCUT2D eigenvalue weighted by atomic mass is 9.43. The van der Waals surface area contributed by atoms with Crippen LogP contribution in [-0.4, -0.2) is 30.6 Å². The number of carbonyl (C=O) groups excluding carboxylic acids is 1. The normalized spacial score (nSPS) is 42.9. The molecule has 1 aromatic rings. The summed E-state index contributed by atoms with van der Waals surface area (Å²) in [5, 5.41) is 11.6. The Morgan fingerprint density at radius 3 is 2.47 bits per heavy atom. The largest absolute Gasteiger partial charge is 0.378 e. The van der Waals surface area contributed by atoms with Crippen LogP contribution >= 0.6 is 0 Å². The number of hydrogen-bond donors (Lipinski definition) is 1. The van der Waals surface area contributed by atoms with Crippen LogP contribution in [-0.2, 0) is 4.79 Å². The van der Waals surface area contributed by atoms with Crippen LogP contribution in [0.2, 0.25) is 0 Å². The lowest BCUT2D eigenvalue weighted by Gasteiger charge is -2.61. The zero-order valence-corrected chi connectivity index (χ0v) is 20.0. The molecule has 32 heavy (non-hydrogen) atoms. The van der Waals surface area contributed by atoms with E-state index in [4.69, 9.17) is 6.42 Å². The van der Waals surface area contributed by atoms with Crippen LogP contribution in [0.25, 0.3) is 0 Å². The number of ketones is 1. The number of fused-ring (bicyclic) bond motifs is 5. The van der Waals surface area contributed by atoms with Crippen molar-refractivity contribution >= 4 is 11.5 Å². The first-order valence-electron chi connectivity index (χ1n) is 12.3. The predicted molar refractivity (Wildman–Crippen MR) is 129 cm³/mol. The maximum absolute atomic E-state index is 12.3. The van der Waals surface area contributed by atoms with Gasteiger partial charge in [0.15, 0.2) is 5.78 Å². The second-order valence-corrected chi connectivity index (χ2v) is 11.6. The minimum Gasteiger partial charge on any atom is -0.378 e. The van der Waals surface area contributed by atoms with Crippen molar-refractivity contribution in [3.63, 3.8) is 0 Å². The van der Waals surface area contributed by atoms with E-state index in [1.807, 2.05) is 6.08 Å². The van der Waals surface area contributed by atoms with Crippen molar-refractivity contribution in [2.24, 2.45) is 28.6 Å². The van der Waals surface area contributed by atoms with E-state index in [9.17, 15) is 9.90 Å². The summed E-state index contributed by atoms with van der Waals surface area (Å²) in [6, 6.07) is 9.01. The smallest absolute Gasteiger partial charge is 0.155 e. The summed E-state index contributed by atoms with van der Waals surface area (Å²) >= 11 is 0. The third kappa shape index (κ3) is 2.88. The first kappa shape index (κ1) is 21.8. The van der Waals surface area contributed by atoms with Gasteiger partial charge in [0.05, 0.1) is 0 Å². The highest BCUT2D eigenvalue weighted by atomic mass is 16.3. The Balaban J connectivity index is 1.64. The molecule has 3 nitrogen and oxygen atoms in total. The molecule has 3 saturated carbocycles. The molecular formula is C29H37NO2. The van der Waals surface area contributed by atoms with Gasteiger partial charge in [0.1, 0.15) is 5.60 Å². The molecule has 0 bridgehead atoms. The highest BCUT2D eigenvalue weighted by Gasteiger charge is 2.66. The highest BCUT2D eigenvalue weighted by Crippen LogP contribution is 2.70. The van der Waals surface area contributed by atoms with E-state index in [2.05, 4.69) is 63.0 Å². The van der Waals surface area contributed by atoms with Crippen molar-refractivity contribution in [3.05, 3.63) is 41.5 Å². The fraction of sp³-hybridized carbons (Fsp3) is 0.621. The standard InChI is InChI=1S/C29H37NO2/c1-6-29(32)16-14-25-23-12-9-20-17-22(31)13-15-27(20,2)26(23)24(18-28(25,29)3)19-7-10-21(11-8-19)30(4)5/h1,7-8,10-11,17,23-26,32H,9,12-16,18H2,2-5H3/t23-,24-,25-,26?,27-,28-,29-/m0/s1. The average molecular weight is 432 g/mol. The number of terminal acetylenes is 1. The van der Waals surface area contributed by atoms with E-state index in [1.165, 1.54) is 16.8 Å². The Morgan fingerprint density at radius 2 is 1.81 bits per heavy atom. The molecule has 0 aliphatic heterocycles. The van der Waals surface area contributed by atoms with Crippen molar-refractivity contribution < 1.29 is 9.90 Å². The molecule has 3 heteroatoms. The predicted octanol–water partition coefficient (Wildman–Crippen LogP) is 5.34. The Kier molecular flexibility index (Phi) is 4.92. The zero-order valence-electron chi connectivity index (χ0n) is 20.0. The number of hydrogen-bond acceptors (Lipinski definition) is 3. The van der Waals surface area contributed by atoms with Crippen molar-refractivity contribution in [3.8, 4) is 12.3 Å². The van der Waals surface area contributed by atoms with Crippen LogP contribution in [0, 0.1) is 40.9 Å². The number of aliphatic hydroxyl groups is 1. The summed E-state index contributed by atoms with van der Waals surface area (Å²) in [6.07, 6.45) is 14.3. The molecule has 0 heterocycles. The molecule has 0 aromatic heterocycles. The molecule has 1 aromatic carbocycles. The lowest BCUT2D eigenvalue weighted by Crippen LogP contribution is -2.57. The van der Waals surface area contributed by atoms with Crippen LogP contribution in [0.5, 0.6) is 0 Å². The minimum absolute atomic E-state index is 0.0554. The topological polar surface area (TPSA) is 40.5 Å². The van der Waals surface area contributed by atoms with Gasteiger partial charge in [-0.1, -0.05) is 37.5 Å². The molecule has 1 N–H and O–H groups in total. The third-order valence-corrected chi connectivity index (χ3v) is 10.2. The summed E-state index contributed by atoms with van der Waals surface area (Å²) in [4.78, 5) is 14.4. The van der Waals surface area contributed by atoms with Crippen molar-refractivity contribution in [2.45, 2.75) is 70.3 Å². The van der Waals surface area contributed by atoms with Crippen molar-refractivity contribution in [2.75, 3.05) is 19.0 Å². The molecular weight excluding hydrogens is 394 g/mol. The minimum atomic E-state index is -1.02. The molecule has 4 aliphatic carbocycles. The summed E-state index contributed by atoms with van der Waals surface area (Å²) < 4.78 is 0. The maximum Gasteiger partial charge on any atom is 0.155 e. The molecule has 1 unspecified atom stereocenters. The first-order valence-corrected chi connectivity index (χ1v) is 12.3. The Bertz CT molecular complexity index is 1000. The van der Waals surface area contributed by atoms with Crippen molar-refractivity contribution in [1.29, 1.82) is 0 Å². The molecule has 7 atom stereocenters. The Labute approximate surface area is 193 Å². The zero-order chi connectivity index (χ0) is 22.9. The molecule has 0 spiro atoms. The van der Waals surface area contributed by atoms with Crippen LogP contribution < -0.4 is 4.90 Å². The summed E-state index contributed by atoms with van der Waals surface area (Å²) in [5.74, 6) is 4.93. The van der Waals surface area contributed by atoms with E-state index in [-0.39, 0.29) is 10.8 Å². The van der Waals surface area contributed by atoms with E-state index in [1.54, 1.807) is 0 Å². The van der Waals surface area contributed by atoms with Gasteiger partial charge in [0, 0.05) is 31.6 Å². The molecule has 0 radical (unpaired) electrons. The number of nitrogens with zero attached hydrogens (tertiary/aromatic N) is 1. The molecule has 0 saturated heterocycles. The van der Waals surface area contributed by atoms with E-state index >= 15 is 0 Å². The Morgan fingerprint density at radius 1 is 1.09 bits per heavy atom.